The molecule has 0 unspecified atom stereocenters. The lowest BCUT2D eigenvalue weighted by Gasteiger charge is -2.34. The summed E-state index contributed by atoms with van der Waals surface area (Å²) in [7, 11) is -3.14. The van der Waals surface area contributed by atoms with Gasteiger partial charge in [-0.25, -0.2) is 8.42 Å². The van der Waals surface area contributed by atoms with Gasteiger partial charge in [-0.3, -0.25) is 10.1 Å². The normalized spacial score (nSPS) is 15.0. The highest BCUT2D eigenvalue weighted by Crippen LogP contribution is 2.20. The van der Waals surface area contributed by atoms with Gasteiger partial charge in [0.25, 0.3) is 5.91 Å². The molecule has 0 aliphatic carbocycles. The van der Waals surface area contributed by atoms with Crippen molar-refractivity contribution in [2.45, 2.75) is 0 Å². The number of amides is 1. The Morgan fingerprint density at radius 2 is 1.59 bits per heavy atom. The van der Waals surface area contributed by atoms with Crippen molar-refractivity contribution in [2.75, 3.05) is 42.7 Å². The second-order valence-corrected chi connectivity index (χ2v) is 9.44. The predicted molar refractivity (Wildman–Crippen MR) is 120 cm³/mol. The van der Waals surface area contributed by atoms with Crippen molar-refractivity contribution in [2.24, 2.45) is 0 Å². The summed E-state index contributed by atoms with van der Waals surface area (Å²) in [6.45, 7) is 2.21. The number of anilines is 2. The van der Waals surface area contributed by atoms with Gasteiger partial charge in [-0.2, -0.15) is 4.31 Å². The molecule has 0 aromatic heterocycles. The number of sulfonamides is 1. The average Bonchev–Trinajstić information content (AvgIpc) is 2.68. The Hall–Kier alpha value is -2.20. The minimum absolute atomic E-state index is 0.194. The smallest absolute Gasteiger partial charge is 0.257 e. The minimum Gasteiger partial charge on any atom is -0.369 e. The molecule has 1 heterocycles. The summed E-state index contributed by atoms with van der Waals surface area (Å²) >= 11 is 11.0. The van der Waals surface area contributed by atoms with E-state index in [4.69, 9.17) is 23.8 Å². The van der Waals surface area contributed by atoms with Crippen LogP contribution in [0, 0.1) is 0 Å². The van der Waals surface area contributed by atoms with Crippen LogP contribution in [0.25, 0.3) is 0 Å². The van der Waals surface area contributed by atoms with E-state index in [1.807, 2.05) is 24.3 Å². The largest absolute Gasteiger partial charge is 0.369 e. The lowest BCUT2D eigenvalue weighted by molar-refractivity contribution is 0.0977. The second-order valence-electron chi connectivity index (χ2n) is 6.61. The number of halogens is 1. The van der Waals surface area contributed by atoms with E-state index in [2.05, 4.69) is 15.5 Å². The lowest BCUT2D eigenvalue weighted by atomic mass is 10.2. The molecule has 1 aliphatic heterocycles. The Balaban J connectivity index is 1.53. The number of carbonyl (C=O) groups is 1. The molecule has 2 aromatic carbocycles. The molecule has 0 radical (unpaired) electrons. The van der Waals surface area contributed by atoms with Crippen LogP contribution >= 0.6 is 23.8 Å². The second kappa shape index (κ2) is 9.08. The summed E-state index contributed by atoms with van der Waals surface area (Å²) in [5.41, 5.74) is 2.20. The summed E-state index contributed by atoms with van der Waals surface area (Å²) < 4.78 is 24.7. The van der Waals surface area contributed by atoms with Crippen molar-refractivity contribution >= 4 is 56.2 Å². The van der Waals surface area contributed by atoms with Crippen LogP contribution in [0.5, 0.6) is 0 Å². The third-order valence-electron chi connectivity index (χ3n) is 4.53. The SMILES string of the molecule is CS(=O)(=O)N1CCN(c2ccc(NC(=S)NC(=O)c3ccc(Cl)cc3)cc2)CC1. The molecule has 3 rings (SSSR count). The Kier molecular flexibility index (Phi) is 6.74. The van der Waals surface area contributed by atoms with Crippen molar-refractivity contribution in [1.29, 1.82) is 0 Å². The van der Waals surface area contributed by atoms with E-state index in [0.717, 1.165) is 11.4 Å². The van der Waals surface area contributed by atoms with Crippen molar-refractivity contribution in [1.82, 2.24) is 9.62 Å². The molecule has 0 saturated carbocycles. The van der Waals surface area contributed by atoms with E-state index in [1.54, 1.807) is 24.3 Å². The van der Waals surface area contributed by atoms with Crippen molar-refractivity contribution in [3.05, 3.63) is 59.1 Å². The molecule has 0 spiro atoms. The van der Waals surface area contributed by atoms with Crippen molar-refractivity contribution < 1.29 is 13.2 Å². The highest BCUT2D eigenvalue weighted by molar-refractivity contribution is 7.88. The molecular weight excluding hydrogens is 432 g/mol. The number of benzene rings is 2. The maximum absolute atomic E-state index is 12.2. The van der Waals surface area contributed by atoms with Crippen LogP contribution in [0.1, 0.15) is 10.4 Å². The number of carbonyl (C=O) groups excluding carboxylic acids is 1. The van der Waals surface area contributed by atoms with Gasteiger partial charge in [0, 0.05) is 48.1 Å². The van der Waals surface area contributed by atoms with Gasteiger partial charge >= 0.3 is 0 Å². The zero-order valence-corrected chi connectivity index (χ0v) is 18.1. The molecule has 1 fully saturated rings. The number of thiocarbonyl (C=S) groups is 1. The minimum atomic E-state index is -3.14. The topological polar surface area (TPSA) is 81.8 Å². The summed E-state index contributed by atoms with van der Waals surface area (Å²) in [4.78, 5) is 14.3. The van der Waals surface area contributed by atoms with Gasteiger partial charge in [-0.1, -0.05) is 11.6 Å². The number of hydrogen-bond acceptors (Lipinski definition) is 5. The van der Waals surface area contributed by atoms with Gasteiger partial charge in [-0.15, -0.1) is 0 Å². The first kappa shape index (κ1) is 21.5. The number of nitrogens with zero attached hydrogens (tertiary/aromatic N) is 2. The van der Waals surface area contributed by atoms with Crippen LogP contribution in [-0.2, 0) is 10.0 Å². The van der Waals surface area contributed by atoms with Crippen LogP contribution in [-0.4, -0.2) is 56.2 Å². The van der Waals surface area contributed by atoms with Gasteiger partial charge in [0.1, 0.15) is 0 Å². The van der Waals surface area contributed by atoms with E-state index >= 15 is 0 Å². The number of hydrogen-bond donors (Lipinski definition) is 2. The van der Waals surface area contributed by atoms with E-state index < -0.39 is 10.0 Å². The molecule has 1 amide bonds. The molecule has 0 atom stereocenters. The van der Waals surface area contributed by atoms with E-state index in [0.29, 0.717) is 36.8 Å². The monoisotopic (exact) mass is 452 g/mol. The number of nitrogens with one attached hydrogen (secondary N) is 2. The fraction of sp³-hybridized carbons (Fsp3) is 0.263. The van der Waals surface area contributed by atoms with E-state index in [-0.39, 0.29) is 11.0 Å². The number of piperazine rings is 1. The number of rotatable bonds is 4. The van der Waals surface area contributed by atoms with Crippen LogP contribution in [0.15, 0.2) is 48.5 Å². The summed E-state index contributed by atoms with van der Waals surface area (Å²) in [6, 6.07) is 14.1. The predicted octanol–water partition coefficient (Wildman–Crippen LogP) is 2.55. The third kappa shape index (κ3) is 5.89. The Bertz CT molecular complexity index is 987. The summed E-state index contributed by atoms with van der Waals surface area (Å²) in [6.07, 6.45) is 1.23. The highest BCUT2D eigenvalue weighted by Gasteiger charge is 2.23. The van der Waals surface area contributed by atoms with Crippen LogP contribution in [0.4, 0.5) is 11.4 Å². The first-order chi connectivity index (χ1) is 13.7. The molecule has 154 valence electrons. The molecule has 2 N–H and O–H groups in total. The highest BCUT2D eigenvalue weighted by atomic mass is 35.5. The third-order valence-corrected chi connectivity index (χ3v) is 6.29. The van der Waals surface area contributed by atoms with Gasteiger partial charge < -0.3 is 10.2 Å². The molecule has 1 saturated heterocycles. The average molecular weight is 453 g/mol. The van der Waals surface area contributed by atoms with Gasteiger partial charge in [0.05, 0.1) is 6.26 Å². The zero-order chi connectivity index (χ0) is 21.0. The van der Waals surface area contributed by atoms with E-state index in [9.17, 15) is 13.2 Å². The Labute approximate surface area is 180 Å². The quantitative estimate of drug-likeness (QED) is 0.694. The van der Waals surface area contributed by atoms with E-state index in [1.165, 1.54) is 10.6 Å². The summed E-state index contributed by atoms with van der Waals surface area (Å²) in [5, 5.41) is 6.35. The maximum Gasteiger partial charge on any atom is 0.257 e. The standard InChI is InChI=1S/C19H21ClN4O3S2/c1-29(26,27)24-12-10-23(11-13-24)17-8-6-16(7-9-17)21-19(28)22-18(25)14-2-4-15(20)5-3-14/h2-9H,10-13H2,1H3,(H2,21,22,25,28). The molecule has 0 bridgehead atoms. The van der Waals surface area contributed by atoms with Crippen molar-refractivity contribution in [3.63, 3.8) is 0 Å². The fourth-order valence-electron chi connectivity index (χ4n) is 2.97. The molecule has 1 aliphatic rings. The zero-order valence-electron chi connectivity index (χ0n) is 15.8. The van der Waals surface area contributed by atoms with Gasteiger partial charge in [0.15, 0.2) is 5.11 Å². The first-order valence-corrected chi connectivity index (χ1v) is 11.5. The Morgan fingerprint density at radius 1 is 1.00 bits per heavy atom. The first-order valence-electron chi connectivity index (χ1n) is 8.90. The molecule has 7 nitrogen and oxygen atoms in total. The summed E-state index contributed by atoms with van der Waals surface area (Å²) in [5.74, 6) is -0.320. The molecular formula is C19H21ClN4O3S2. The molecule has 29 heavy (non-hydrogen) atoms. The van der Waals surface area contributed by atoms with Crippen LogP contribution < -0.4 is 15.5 Å². The van der Waals surface area contributed by atoms with Crippen LogP contribution in [0.3, 0.4) is 0 Å². The molecule has 2 aromatic rings. The van der Waals surface area contributed by atoms with Crippen molar-refractivity contribution in [3.8, 4) is 0 Å². The Morgan fingerprint density at radius 3 is 2.14 bits per heavy atom. The van der Waals surface area contributed by atoms with Crippen LogP contribution in [0.2, 0.25) is 5.02 Å². The molecule has 10 heteroatoms. The maximum atomic E-state index is 12.2. The van der Waals surface area contributed by atoms with Gasteiger partial charge in [-0.05, 0) is 60.7 Å². The fourth-order valence-corrected chi connectivity index (χ4v) is 4.14. The lowest BCUT2D eigenvalue weighted by Crippen LogP contribution is -2.48. The van der Waals surface area contributed by atoms with Gasteiger partial charge in [0.2, 0.25) is 10.0 Å².